The van der Waals surface area contributed by atoms with E-state index in [0.717, 1.165) is 18.4 Å². The minimum absolute atomic E-state index is 0.263. The van der Waals surface area contributed by atoms with E-state index in [0.29, 0.717) is 10.8 Å². The number of halogens is 1. The van der Waals surface area contributed by atoms with Crippen LogP contribution in [-0.4, -0.2) is 7.11 Å². The van der Waals surface area contributed by atoms with Crippen LogP contribution >= 0.6 is 11.6 Å². The molecule has 2 N–H and O–H groups in total. The molecule has 1 aromatic rings. The fraction of sp³-hybridized carbons (Fsp3) is 0.417. The summed E-state index contributed by atoms with van der Waals surface area (Å²) >= 11 is 6.02. The molecule has 1 aromatic carbocycles. The Kier molecular flexibility index (Phi) is 2.79. The Morgan fingerprint density at radius 1 is 1.56 bits per heavy atom. The van der Waals surface area contributed by atoms with E-state index in [1.54, 1.807) is 19.2 Å². The third kappa shape index (κ3) is 1.75. The third-order valence-electron chi connectivity index (χ3n) is 3.14. The normalized spacial score (nSPS) is 18.6. The summed E-state index contributed by atoms with van der Waals surface area (Å²) in [7, 11) is 1.57. The lowest BCUT2D eigenvalue weighted by Gasteiger charge is -2.17. The number of hydrogen-bond donors (Lipinski definition) is 1. The first kappa shape index (κ1) is 11.3. The molecule has 1 fully saturated rings. The molecule has 0 radical (unpaired) electrons. The number of hydrogen-bond acceptors (Lipinski definition) is 3. The first-order valence-electron chi connectivity index (χ1n) is 5.13. The van der Waals surface area contributed by atoms with Crippen LogP contribution in [0.25, 0.3) is 0 Å². The van der Waals surface area contributed by atoms with Crippen molar-refractivity contribution < 1.29 is 4.74 Å². The Bertz CT molecular complexity index is 449. The van der Waals surface area contributed by atoms with Crippen LogP contribution in [0.1, 0.15) is 24.4 Å². The highest BCUT2D eigenvalue weighted by molar-refractivity contribution is 6.32. The van der Waals surface area contributed by atoms with Gasteiger partial charge in [0.1, 0.15) is 5.75 Å². The van der Waals surface area contributed by atoms with Crippen LogP contribution in [0.15, 0.2) is 18.2 Å². The molecule has 1 saturated carbocycles. The predicted molar refractivity (Wildman–Crippen MR) is 62.2 cm³/mol. The average Bonchev–Trinajstić information content (AvgIpc) is 3.09. The molecule has 16 heavy (non-hydrogen) atoms. The van der Waals surface area contributed by atoms with Gasteiger partial charge in [-0.1, -0.05) is 17.7 Å². The van der Waals surface area contributed by atoms with Crippen molar-refractivity contribution in [3.05, 3.63) is 28.8 Å². The number of methoxy groups -OCH3 is 1. The summed E-state index contributed by atoms with van der Waals surface area (Å²) in [6.45, 7) is 0. The Labute approximate surface area is 99.8 Å². The quantitative estimate of drug-likeness (QED) is 0.878. The highest BCUT2D eigenvalue weighted by atomic mass is 35.5. The Balaban J connectivity index is 2.29. The molecule has 0 aromatic heterocycles. The molecule has 1 aliphatic carbocycles. The summed E-state index contributed by atoms with van der Waals surface area (Å²) in [4.78, 5) is 0. The largest absolute Gasteiger partial charge is 0.495 e. The molecule has 1 aliphatic rings. The Morgan fingerprint density at radius 2 is 2.25 bits per heavy atom. The molecule has 0 heterocycles. The molecule has 0 spiro atoms. The number of ether oxygens (including phenoxy) is 1. The highest BCUT2D eigenvalue weighted by Crippen LogP contribution is 2.53. The van der Waals surface area contributed by atoms with Crippen LogP contribution in [0, 0.1) is 16.7 Å². The molecule has 84 valence electrons. The third-order valence-corrected chi connectivity index (χ3v) is 3.44. The SMILES string of the molecule is COc1ccc(C(N)C2(C#N)CC2)cc1Cl. The maximum Gasteiger partial charge on any atom is 0.137 e. The van der Waals surface area contributed by atoms with Crippen LogP contribution < -0.4 is 10.5 Å². The van der Waals surface area contributed by atoms with Gasteiger partial charge in [-0.2, -0.15) is 5.26 Å². The first-order chi connectivity index (χ1) is 7.63. The topological polar surface area (TPSA) is 59.0 Å². The van der Waals surface area contributed by atoms with Gasteiger partial charge in [-0.25, -0.2) is 0 Å². The van der Waals surface area contributed by atoms with Crippen LogP contribution in [-0.2, 0) is 0 Å². The minimum atomic E-state index is -0.377. The van der Waals surface area contributed by atoms with Crippen LogP contribution in [0.4, 0.5) is 0 Å². The van der Waals surface area contributed by atoms with Crippen molar-refractivity contribution in [1.82, 2.24) is 0 Å². The fourth-order valence-electron chi connectivity index (χ4n) is 1.82. The van der Waals surface area contributed by atoms with Gasteiger partial charge in [0.25, 0.3) is 0 Å². The van der Waals surface area contributed by atoms with E-state index >= 15 is 0 Å². The summed E-state index contributed by atoms with van der Waals surface area (Å²) < 4.78 is 5.07. The van der Waals surface area contributed by atoms with Gasteiger partial charge in [0.15, 0.2) is 0 Å². The second kappa shape index (κ2) is 3.97. The van der Waals surface area contributed by atoms with Crippen LogP contribution in [0.2, 0.25) is 5.02 Å². The van der Waals surface area contributed by atoms with Crippen molar-refractivity contribution in [1.29, 1.82) is 5.26 Å². The maximum absolute atomic E-state index is 9.07. The zero-order chi connectivity index (χ0) is 11.8. The summed E-state index contributed by atoms with van der Waals surface area (Å²) in [5.41, 5.74) is 6.60. The molecule has 2 rings (SSSR count). The molecular weight excluding hydrogens is 224 g/mol. The molecule has 0 bridgehead atoms. The van der Waals surface area contributed by atoms with Gasteiger partial charge in [0.2, 0.25) is 0 Å². The molecular formula is C12H13ClN2O. The summed E-state index contributed by atoms with van der Waals surface area (Å²) in [5.74, 6) is 0.624. The second-order valence-electron chi connectivity index (χ2n) is 4.14. The highest BCUT2D eigenvalue weighted by Gasteiger charge is 2.49. The Hall–Kier alpha value is -1.24. The van der Waals surface area contributed by atoms with Crippen LogP contribution in [0.5, 0.6) is 5.75 Å². The molecule has 4 heteroatoms. The van der Waals surface area contributed by atoms with Crippen molar-refractivity contribution in [3.8, 4) is 11.8 Å². The van der Waals surface area contributed by atoms with E-state index in [-0.39, 0.29) is 11.5 Å². The number of nitriles is 1. The van der Waals surface area contributed by atoms with E-state index in [2.05, 4.69) is 6.07 Å². The second-order valence-corrected chi connectivity index (χ2v) is 4.55. The van der Waals surface area contributed by atoms with E-state index in [9.17, 15) is 0 Å². The summed E-state index contributed by atoms with van der Waals surface area (Å²) in [6.07, 6.45) is 1.74. The smallest absolute Gasteiger partial charge is 0.137 e. The van der Waals surface area contributed by atoms with Crippen molar-refractivity contribution in [2.24, 2.45) is 11.1 Å². The lowest BCUT2D eigenvalue weighted by atomic mass is 9.92. The maximum atomic E-state index is 9.07. The standard InChI is InChI=1S/C12H13ClN2O/c1-16-10-3-2-8(6-9(10)13)11(15)12(7-14)4-5-12/h2-3,6,11H,4-5,15H2,1H3. The number of benzene rings is 1. The summed E-state index contributed by atoms with van der Waals surface area (Å²) in [6, 6.07) is 7.47. The average molecular weight is 237 g/mol. The van der Waals surface area contributed by atoms with Gasteiger partial charge in [-0.3, -0.25) is 0 Å². The molecule has 0 amide bonds. The van der Waals surface area contributed by atoms with Crippen molar-refractivity contribution >= 4 is 11.6 Å². The zero-order valence-corrected chi connectivity index (χ0v) is 9.79. The van der Waals surface area contributed by atoms with Gasteiger partial charge in [0, 0.05) is 6.04 Å². The lowest BCUT2D eigenvalue weighted by molar-refractivity contribution is 0.414. The molecule has 0 saturated heterocycles. The van der Waals surface area contributed by atoms with Gasteiger partial charge in [-0.15, -0.1) is 0 Å². The van der Waals surface area contributed by atoms with E-state index in [4.69, 9.17) is 27.3 Å². The lowest BCUT2D eigenvalue weighted by Crippen LogP contribution is -2.21. The number of nitrogens with two attached hydrogens (primary N) is 1. The van der Waals surface area contributed by atoms with E-state index < -0.39 is 0 Å². The molecule has 1 unspecified atom stereocenters. The van der Waals surface area contributed by atoms with Gasteiger partial charge >= 0.3 is 0 Å². The van der Waals surface area contributed by atoms with Gasteiger partial charge < -0.3 is 10.5 Å². The molecule has 3 nitrogen and oxygen atoms in total. The Morgan fingerprint density at radius 3 is 2.69 bits per heavy atom. The van der Waals surface area contributed by atoms with E-state index in [1.165, 1.54) is 0 Å². The monoisotopic (exact) mass is 236 g/mol. The molecule has 0 aliphatic heterocycles. The number of rotatable bonds is 3. The van der Waals surface area contributed by atoms with Crippen molar-refractivity contribution in [2.75, 3.05) is 7.11 Å². The van der Waals surface area contributed by atoms with Crippen molar-refractivity contribution in [3.63, 3.8) is 0 Å². The van der Waals surface area contributed by atoms with Crippen LogP contribution in [0.3, 0.4) is 0 Å². The minimum Gasteiger partial charge on any atom is -0.495 e. The van der Waals surface area contributed by atoms with Gasteiger partial charge in [-0.05, 0) is 30.5 Å². The summed E-state index contributed by atoms with van der Waals surface area (Å²) in [5, 5.41) is 9.60. The fourth-order valence-corrected chi connectivity index (χ4v) is 2.09. The zero-order valence-electron chi connectivity index (χ0n) is 9.03. The van der Waals surface area contributed by atoms with Gasteiger partial charge in [0.05, 0.1) is 23.6 Å². The molecule has 1 atom stereocenters. The number of nitrogens with zero attached hydrogens (tertiary/aromatic N) is 1. The van der Waals surface area contributed by atoms with Crippen molar-refractivity contribution in [2.45, 2.75) is 18.9 Å². The predicted octanol–water partition coefficient (Wildman–Crippen LogP) is 2.65. The first-order valence-corrected chi connectivity index (χ1v) is 5.51. The van der Waals surface area contributed by atoms with E-state index in [1.807, 2.05) is 6.07 Å².